The van der Waals surface area contributed by atoms with Crippen molar-refractivity contribution in [3.05, 3.63) is 0 Å². The molecule has 0 aliphatic rings. The van der Waals surface area contributed by atoms with Crippen LogP contribution in [-0.2, 0) is 14.3 Å². The molecule has 0 aliphatic heterocycles. The SMILES string of the molecule is CCCC(=O)CC.CCCCC(=O)OCC. The Bertz CT molecular complexity index is 176. The van der Waals surface area contributed by atoms with Crippen LogP contribution in [0.1, 0.15) is 66.2 Å². The second-order valence-electron chi connectivity index (χ2n) is 3.55. The minimum atomic E-state index is -0.0700. The number of ketones is 1. The van der Waals surface area contributed by atoms with Crippen molar-refractivity contribution in [3.63, 3.8) is 0 Å². The smallest absolute Gasteiger partial charge is 0.305 e. The molecule has 0 aromatic carbocycles. The summed E-state index contributed by atoms with van der Waals surface area (Å²) in [6.45, 7) is 8.30. The third-order valence-electron chi connectivity index (χ3n) is 1.96. The van der Waals surface area contributed by atoms with Gasteiger partial charge in [-0.25, -0.2) is 0 Å². The van der Waals surface area contributed by atoms with Crippen LogP contribution in [-0.4, -0.2) is 18.4 Å². The van der Waals surface area contributed by atoms with Gasteiger partial charge in [-0.05, 0) is 19.8 Å². The Kier molecular flexibility index (Phi) is 15.5. The van der Waals surface area contributed by atoms with Gasteiger partial charge in [0.05, 0.1) is 6.61 Å². The van der Waals surface area contributed by atoms with Crippen LogP contribution >= 0.6 is 0 Å². The average molecular weight is 230 g/mol. The van der Waals surface area contributed by atoms with E-state index in [0.29, 0.717) is 25.2 Å². The highest BCUT2D eigenvalue weighted by Gasteiger charge is 1.97. The molecule has 0 spiro atoms. The first-order chi connectivity index (χ1) is 7.62. The molecule has 0 saturated heterocycles. The molecule has 0 rings (SSSR count). The van der Waals surface area contributed by atoms with E-state index >= 15 is 0 Å². The molecule has 0 saturated carbocycles. The van der Waals surface area contributed by atoms with E-state index in [-0.39, 0.29) is 5.97 Å². The van der Waals surface area contributed by atoms with E-state index in [1.54, 1.807) is 0 Å². The lowest BCUT2D eigenvalue weighted by atomic mass is 10.2. The summed E-state index contributed by atoms with van der Waals surface area (Å²) in [7, 11) is 0. The van der Waals surface area contributed by atoms with Gasteiger partial charge in [-0.3, -0.25) is 9.59 Å². The maximum absolute atomic E-state index is 10.6. The second-order valence-corrected chi connectivity index (χ2v) is 3.55. The number of carbonyl (C=O) groups is 2. The molecule has 0 bridgehead atoms. The molecule has 0 N–H and O–H groups in total. The minimum absolute atomic E-state index is 0.0700. The van der Waals surface area contributed by atoms with Crippen LogP contribution in [0.2, 0.25) is 0 Å². The Hall–Kier alpha value is -0.860. The second kappa shape index (κ2) is 14.1. The van der Waals surface area contributed by atoms with Crippen LogP contribution in [0.4, 0.5) is 0 Å². The lowest BCUT2D eigenvalue weighted by Crippen LogP contribution is -2.02. The Labute approximate surface area is 99.6 Å². The average Bonchev–Trinajstić information content (AvgIpc) is 2.28. The van der Waals surface area contributed by atoms with E-state index in [4.69, 9.17) is 4.74 Å². The number of hydrogen-bond acceptors (Lipinski definition) is 3. The van der Waals surface area contributed by atoms with E-state index < -0.39 is 0 Å². The van der Waals surface area contributed by atoms with E-state index in [1.165, 1.54) is 0 Å². The fourth-order valence-corrected chi connectivity index (χ4v) is 1.01. The predicted molar refractivity (Wildman–Crippen MR) is 66.4 cm³/mol. The van der Waals surface area contributed by atoms with Gasteiger partial charge < -0.3 is 4.74 Å². The molecule has 0 amide bonds. The summed E-state index contributed by atoms with van der Waals surface area (Å²) >= 11 is 0. The van der Waals surface area contributed by atoms with E-state index in [0.717, 1.165) is 25.7 Å². The molecule has 0 aromatic rings. The summed E-state index contributed by atoms with van der Waals surface area (Å²) in [5, 5.41) is 0. The van der Waals surface area contributed by atoms with Crippen molar-refractivity contribution in [2.75, 3.05) is 6.61 Å². The van der Waals surface area contributed by atoms with Crippen molar-refractivity contribution < 1.29 is 14.3 Å². The quantitative estimate of drug-likeness (QED) is 0.629. The summed E-state index contributed by atoms with van der Waals surface area (Å²) in [5.74, 6) is 0.307. The van der Waals surface area contributed by atoms with E-state index in [9.17, 15) is 9.59 Å². The molecule has 16 heavy (non-hydrogen) atoms. The highest BCUT2D eigenvalue weighted by Crippen LogP contribution is 1.95. The number of unbranched alkanes of at least 4 members (excludes halogenated alkanes) is 1. The van der Waals surface area contributed by atoms with E-state index in [2.05, 4.69) is 6.92 Å². The summed E-state index contributed by atoms with van der Waals surface area (Å²) in [5.41, 5.74) is 0. The summed E-state index contributed by atoms with van der Waals surface area (Å²) in [4.78, 5) is 21.0. The Balaban J connectivity index is 0. The van der Waals surface area contributed by atoms with Gasteiger partial charge in [-0.15, -0.1) is 0 Å². The first-order valence-corrected chi connectivity index (χ1v) is 6.29. The van der Waals surface area contributed by atoms with Gasteiger partial charge in [0, 0.05) is 19.3 Å². The van der Waals surface area contributed by atoms with Gasteiger partial charge in [-0.1, -0.05) is 27.2 Å². The fraction of sp³-hybridized carbons (Fsp3) is 0.846. The third kappa shape index (κ3) is 15.6. The number of ether oxygens (including phenoxy) is 1. The van der Waals surface area contributed by atoms with Crippen molar-refractivity contribution in [1.82, 2.24) is 0 Å². The lowest BCUT2D eigenvalue weighted by Gasteiger charge is -1.97. The highest BCUT2D eigenvalue weighted by atomic mass is 16.5. The summed E-state index contributed by atoms with van der Waals surface area (Å²) in [6.07, 6.45) is 5.03. The molecule has 3 heteroatoms. The van der Waals surface area contributed by atoms with Crippen molar-refractivity contribution in [2.24, 2.45) is 0 Å². The summed E-state index contributed by atoms with van der Waals surface area (Å²) in [6, 6.07) is 0. The zero-order valence-electron chi connectivity index (χ0n) is 11.2. The van der Waals surface area contributed by atoms with Gasteiger partial charge in [0.25, 0.3) is 0 Å². The minimum Gasteiger partial charge on any atom is -0.466 e. The number of hydrogen-bond donors (Lipinski definition) is 0. The standard InChI is InChI=1S/C7H14O2.C6H12O/c1-3-5-6-7(8)9-4-2;1-3-5-6(7)4-2/h3-6H2,1-2H3;3-5H2,1-2H3. The zero-order chi connectivity index (χ0) is 12.8. The Morgan fingerprint density at radius 1 is 0.938 bits per heavy atom. The van der Waals surface area contributed by atoms with Crippen molar-refractivity contribution >= 4 is 11.8 Å². The van der Waals surface area contributed by atoms with E-state index in [1.807, 2.05) is 20.8 Å². The van der Waals surface area contributed by atoms with Gasteiger partial charge in [0.15, 0.2) is 0 Å². The first kappa shape index (κ1) is 17.5. The monoisotopic (exact) mass is 230 g/mol. The molecule has 0 fully saturated rings. The maximum Gasteiger partial charge on any atom is 0.305 e. The molecule has 96 valence electrons. The van der Waals surface area contributed by atoms with Crippen LogP contribution in [0, 0.1) is 0 Å². The van der Waals surface area contributed by atoms with Crippen LogP contribution in [0.15, 0.2) is 0 Å². The van der Waals surface area contributed by atoms with Gasteiger partial charge in [0.1, 0.15) is 5.78 Å². The molecule has 0 aliphatic carbocycles. The summed E-state index contributed by atoms with van der Waals surface area (Å²) < 4.78 is 4.70. The number of carbonyl (C=O) groups excluding carboxylic acids is 2. The number of Topliss-reactive ketones (excluding diaryl/α,β-unsaturated/α-hetero) is 1. The van der Waals surface area contributed by atoms with Crippen LogP contribution in [0.5, 0.6) is 0 Å². The normalized spacial score (nSPS) is 9.00. The topological polar surface area (TPSA) is 43.4 Å². The predicted octanol–water partition coefficient (Wildman–Crippen LogP) is 3.51. The molecule has 0 unspecified atom stereocenters. The Morgan fingerprint density at radius 3 is 1.88 bits per heavy atom. The third-order valence-corrected chi connectivity index (χ3v) is 1.96. The maximum atomic E-state index is 10.6. The van der Waals surface area contributed by atoms with Gasteiger partial charge in [0.2, 0.25) is 0 Å². The van der Waals surface area contributed by atoms with Crippen molar-refractivity contribution in [1.29, 1.82) is 0 Å². The molecular weight excluding hydrogens is 204 g/mol. The van der Waals surface area contributed by atoms with Gasteiger partial charge >= 0.3 is 5.97 Å². The Morgan fingerprint density at radius 2 is 1.56 bits per heavy atom. The van der Waals surface area contributed by atoms with Crippen LogP contribution in [0.3, 0.4) is 0 Å². The molecule has 0 atom stereocenters. The molecule has 0 aromatic heterocycles. The fourth-order valence-electron chi connectivity index (χ4n) is 1.01. The highest BCUT2D eigenvalue weighted by molar-refractivity contribution is 5.77. The number of rotatable bonds is 7. The largest absolute Gasteiger partial charge is 0.466 e. The lowest BCUT2D eigenvalue weighted by molar-refractivity contribution is -0.143. The molecular formula is C13H26O3. The van der Waals surface area contributed by atoms with Gasteiger partial charge in [-0.2, -0.15) is 0 Å². The molecule has 0 radical (unpaired) electrons. The number of esters is 1. The molecule has 3 nitrogen and oxygen atoms in total. The van der Waals surface area contributed by atoms with Crippen LogP contribution in [0.25, 0.3) is 0 Å². The molecule has 0 heterocycles. The van der Waals surface area contributed by atoms with Crippen molar-refractivity contribution in [2.45, 2.75) is 66.2 Å². The van der Waals surface area contributed by atoms with Crippen LogP contribution < -0.4 is 0 Å². The zero-order valence-corrected chi connectivity index (χ0v) is 11.2. The van der Waals surface area contributed by atoms with Crippen molar-refractivity contribution in [3.8, 4) is 0 Å². The first-order valence-electron chi connectivity index (χ1n) is 6.29.